The maximum absolute atomic E-state index is 13.8. The predicted molar refractivity (Wildman–Crippen MR) is 147 cm³/mol. The first-order chi connectivity index (χ1) is 18.0. The summed E-state index contributed by atoms with van der Waals surface area (Å²) in [7, 11) is 0. The summed E-state index contributed by atoms with van der Waals surface area (Å²) in [6.07, 6.45) is 2.50. The second-order valence-electron chi connectivity index (χ2n) is 12.3. The zero-order valence-corrected chi connectivity index (χ0v) is 23.2. The highest BCUT2D eigenvalue weighted by molar-refractivity contribution is 5.97. The number of amides is 2. The fourth-order valence-corrected chi connectivity index (χ4v) is 6.14. The molecular weight excluding hydrogens is 481 g/mol. The number of carbonyl (C=O) groups is 2. The van der Waals surface area contributed by atoms with E-state index in [0.717, 1.165) is 42.1 Å². The molecule has 38 heavy (non-hydrogen) atoms. The molecule has 0 radical (unpaired) electrons. The summed E-state index contributed by atoms with van der Waals surface area (Å²) in [5.74, 6) is 0.440. The molecule has 2 aromatic rings. The lowest BCUT2D eigenvalue weighted by Crippen LogP contribution is -2.61. The summed E-state index contributed by atoms with van der Waals surface area (Å²) in [4.78, 5) is 37.5. The first kappa shape index (κ1) is 26.8. The van der Waals surface area contributed by atoms with Gasteiger partial charge >= 0.3 is 0 Å². The molecule has 204 valence electrons. The van der Waals surface area contributed by atoms with Crippen molar-refractivity contribution in [3.8, 4) is 0 Å². The lowest BCUT2D eigenvalue weighted by molar-refractivity contribution is -0.131. The van der Waals surface area contributed by atoms with Crippen LogP contribution in [0.15, 0.2) is 36.5 Å². The number of nitrogens with one attached hydrogen (secondary N) is 1. The highest BCUT2D eigenvalue weighted by Crippen LogP contribution is 2.40. The number of hydrogen-bond donors (Lipinski definition) is 1. The zero-order chi connectivity index (χ0) is 27.2. The van der Waals surface area contributed by atoms with Crippen LogP contribution in [0.2, 0.25) is 0 Å². The quantitative estimate of drug-likeness (QED) is 0.632. The van der Waals surface area contributed by atoms with Gasteiger partial charge in [0.2, 0.25) is 11.8 Å². The number of pyridine rings is 1. The number of carbonyl (C=O) groups excluding carboxylic acids is 2. The van der Waals surface area contributed by atoms with Gasteiger partial charge in [-0.25, -0.2) is 4.39 Å². The Balaban J connectivity index is 1.33. The third-order valence-electron chi connectivity index (χ3n) is 8.59. The van der Waals surface area contributed by atoms with Gasteiger partial charge in [-0.2, -0.15) is 0 Å². The van der Waals surface area contributed by atoms with E-state index in [1.165, 1.54) is 12.1 Å². The maximum Gasteiger partial charge on any atom is 0.241 e. The van der Waals surface area contributed by atoms with Gasteiger partial charge in [0.15, 0.2) is 0 Å². The summed E-state index contributed by atoms with van der Waals surface area (Å²) >= 11 is 0. The molecule has 7 nitrogen and oxygen atoms in total. The van der Waals surface area contributed by atoms with Gasteiger partial charge in [-0.05, 0) is 48.6 Å². The van der Waals surface area contributed by atoms with Crippen LogP contribution >= 0.6 is 0 Å². The van der Waals surface area contributed by atoms with Crippen LogP contribution in [-0.4, -0.2) is 78.0 Å². The molecule has 3 aliphatic heterocycles. The van der Waals surface area contributed by atoms with Crippen molar-refractivity contribution in [3.63, 3.8) is 0 Å². The number of halogens is 1. The summed E-state index contributed by atoms with van der Waals surface area (Å²) in [6.45, 7) is 14.4. The van der Waals surface area contributed by atoms with Crippen molar-refractivity contribution in [1.29, 1.82) is 0 Å². The molecule has 0 saturated carbocycles. The largest absolute Gasteiger partial charge is 0.341 e. The highest BCUT2D eigenvalue weighted by Gasteiger charge is 2.42. The molecule has 4 heterocycles. The molecule has 2 saturated heterocycles. The Bertz CT molecular complexity index is 1200. The highest BCUT2D eigenvalue weighted by atomic mass is 19.1. The van der Waals surface area contributed by atoms with Gasteiger partial charge in [-0.3, -0.25) is 19.5 Å². The molecule has 0 bridgehead atoms. The van der Waals surface area contributed by atoms with E-state index >= 15 is 0 Å². The third kappa shape index (κ3) is 5.34. The van der Waals surface area contributed by atoms with Gasteiger partial charge in [0.05, 0.1) is 17.9 Å². The molecule has 1 aromatic carbocycles. The molecule has 4 atom stereocenters. The molecule has 3 aliphatic rings. The lowest BCUT2D eigenvalue weighted by Gasteiger charge is -2.41. The zero-order valence-electron chi connectivity index (χ0n) is 23.2. The minimum Gasteiger partial charge on any atom is -0.341 e. The van der Waals surface area contributed by atoms with Gasteiger partial charge in [0, 0.05) is 62.3 Å². The topological polar surface area (TPSA) is 68.8 Å². The van der Waals surface area contributed by atoms with Gasteiger partial charge in [0.25, 0.3) is 0 Å². The van der Waals surface area contributed by atoms with Crippen LogP contribution in [0.5, 0.6) is 0 Å². The second-order valence-corrected chi connectivity index (χ2v) is 12.3. The van der Waals surface area contributed by atoms with E-state index in [4.69, 9.17) is 4.98 Å². The van der Waals surface area contributed by atoms with E-state index in [-0.39, 0.29) is 41.0 Å². The van der Waals surface area contributed by atoms with Crippen LogP contribution in [0.3, 0.4) is 0 Å². The molecular formula is C30H40FN5O2. The number of rotatable bonds is 6. The average molecular weight is 522 g/mol. The lowest BCUT2D eigenvalue weighted by atomic mass is 9.91. The van der Waals surface area contributed by atoms with Crippen molar-refractivity contribution in [2.24, 2.45) is 11.8 Å². The molecule has 2 amide bonds. The maximum atomic E-state index is 13.8. The Hall–Kier alpha value is -2.84. The number of aromatic nitrogens is 1. The molecule has 2 fully saturated rings. The number of nitrogens with zero attached hydrogens (tertiary/aromatic N) is 4. The third-order valence-corrected chi connectivity index (χ3v) is 8.59. The Morgan fingerprint density at radius 3 is 2.55 bits per heavy atom. The normalized spacial score (nSPS) is 27.2. The number of likely N-dealkylation sites (tertiary alicyclic amines) is 1. The van der Waals surface area contributed by atoms with Gasteiger partial charge in [-0.1, -0.05) is 39.8 Å². The Kier molecular flexibility index (Phi) is 7.31. The number of anilines is 1. The fraction of sp³-hybridized carbons (Fsp3) is 0.567. The Labute approximate surface area is 225 Å². The molecule has 0 aliphatic carbocycles. The van der Waals surface area contributed by atoms with E-state index in [1.807, 2.05) is 22.9 Å². The molecule has 3 unspecified atom stereocenters. The number of piperazine rings is 1. The van der Waals surface area contributed by atoms with Crippen molar-refractivity contribution in [3.05, 3.63) is 59.2 Å². The summed E-state index contributed by atoms with van der Waals surface area (Å²) < 4.78 is 13.4. The van der Waals surface area contributed by atoms with Gasteiger partial charge in [-0.15, -0.1) is 0 Å². The van der Waals surface area contributed by atoms with Gasteiger partial charge < -0.3 is 15.1 Å². The summed E-state index contributed by atoms with van der Waals surface area (Å²) in [5.41, 5.74) is 3.56. The molecule has 5 rings (SSSR count). The Morgan fingerprint density at radius 2 is 1.87 bits per heavy atom. The number of benzene rings is 1. The average Bonchev–Trinajstić information content (AvgIpc) is 3.28. The minimum absolute atomic E-state index is 0.0560. The minimum atomic E-state index is -0.252. The van der Waals surface area contributed by atoms with Crippen molar-refractivity contribution >= 4 is 17.5 Å². The molecule has 0 spiro atoms. The molecule has 1 N–H and O–H groups in total. The standard InChI is InChI=1S/C30H40FN5O2/c1-19-14-35(29(38)21(19)3)16-25-13-32-20(2)15-34(25)17-27(37)36-18-30(4,5)28-26(36)11-23(12-33-28)10-22-6-8-24(31)9-7-22/h6-9,11-12,19-21,25,32H,10,13-18H2,1-5H3/t19?,20?,21?,25-/m1/s1. The van der Waals surface area contributed by atoms with Gasteiger partial charge in [0.1, 0.15) is 5.82 Å². The Morgan fingerprint density at radius 1 is 1.13 bits per heavy atom. The monoisotopic (exact) mass is 521 g/mol. The van der Waals surface area contributed by atoms with Crippen LogP contribution in [0, 0.1) is 17.7 Å². The van der Waals surface area contributed by atoms with E-state index < -0.39 is 0 Å². The summed E-state index contributed by atoms with van der Waals surface area (Å²) in [5, 5.41) is 3.54. The smallest absolute Gasteiger partial charge is 0.241 e. The second kappa shape index (κ2) is 10.4. The van der Waals surface area contributed by atoms with Crippen molar-refractivity contribution in [2.75, 3.05) is 44.2 Å². The summed E-state index contributed by atoms with van der Waals surface area (Å²) in [6, 6.07) is 8.95. The van der Waals surface area contributed by atoms with Crippen molar-refractivity contribution < 1.29 is 14.0 Å². The van der Waals surface area contributed by atoms with Crippen LogP contribution in [0.1, 0.15) is 51.4 Å². The van der Waals surface area contributed by atoms with Crippen molar-refractivity contribution in [1.82, 2.24) is 20.1 Å². The predicted octanol–water partition coefficient (Wildman–Crippen LogP) is 3.21. The van der Waals surface area contributed by atoms with Crippen LogP contribution < -0.4 is 10.2 Å². The van der Waals surface area contributed by atoms with E-state index in [0.29, 0.717) is 32.0 Å². The fourth-order valence-electron chi connectivity index (χ4n) is 6.14. The first-order valence-electron chi connectivity index (χ1n) is 13.8. The van der Waals surface area contributed by atoms with Crippen LogP contribution in [0.25, 0.3) is 0 Å². The van der Waals surface area contributed by atoms with E-state index in [1.54, 1.807) is 12.1 Å². The molecule has 8 heteroatoms. The SMILES string of the molecule is CC1CN(CC(=O)N2CC(C)(C)c3ncc(Cc4ccc(F)cc4)cc32)[C@@H](CN2CC(C)C(C)C2=O)CN1. The van der Waals surface area contributed by atoms with Crippen molar-refractivity contribution in [2.45, 2.75) is 58.5 Å². The first-order valence-corrected chi connectivity index (χ1v) is 13.8. The number of hydrogen-bond acceptors (Lipinski definition) is 5. The van der Waals surface area contributed by atoms with E-state index in [9.17, 15) is 14.0 Å². The van der Waals surface area contributed by atoms with E-state index in [2.05, 4.69) is 44.0 Å². The van der Waals surface area contributed by atoms with Crippen LogP contribution in [0.4, 0.5) is 10.1 Å². The van der Waals surface area contributed by atoms with Crippen LogP contribution in [-0.2, 0) is 21.4 Å². The molecule has 1 aromatic heterocycles. The number of fused-ring (bicyclic) bond motifs is 1.